The number of alkyl halides is 3. The molecule has 20 heavy (non-hydrogen) atoms. The summed E-state index contributed by atoms with van der Waals surface area (Å²) in [6.45, 7) is 3.75. The molecule has 1 aromatic carbocycles. The molecule has 0 spiro atoms. The van der Waals surface area contributed by atoms with Gasteiger partial charge in [-0.3, -0.25) is 4.90 Å². The number of hydrogen-bond acceptors (Lipinski definition) is 2. The van der Waals surface area contributed by atoms with Crippen molar-refractivity contribution in [1.29, 1.82) is 0 Å². The van der Waals surface area contributed by atoms with Crippen LogP contribution >= 0.6 is 0 Å². The van der Waals surface area contributed by atoms with Gasteiger partial charge in [0.05, 0.1) is 6.54 Å². The Morgan fingerprint density at radius 3 is 2.30 bits per heavy atom. The summed E-state index contributed by atoms with van der Waals surface area (Å²) in [5.41, 5.74) is 1.02. The number of rotatable bonds is 7. The molecule has 1 N–H and O–H groups in total. The lowest BCUT2D eigenvalue weighted by atomic mass is 9.99. The topological polar surface area (TPSA) is 15.3 Å². The van der Waals surface area contributed by atoms with Crippen molar-refractivity contribution in [2.45, 2.75) is 38.5 Å². The summed E-state index contributed by atoms with van der Waals surface area (Å²) in [5, 5.41) is 3.34. The molecule has 0 aliphatic rings. The SMILES string of the molecule is CCCNC(c1ccccc1)C(C)N(C)CC(F)(F)F. The molecule has 0 aliphatic heterocycles. The molecule has 2 nitrogen and oxygen atoms in total. The van der Waals surface area contributed by atoms with E-state index < -0.39 is 12.7 Å². The van der Waals surface area contributed by atoms with Gasteiger partial charge in [0.1, 0.15) is 0 Å². The van der Waals surface area contributed by atoms with Crippen LogP contribution < -0.4 is 5.32 Å². The molecule has 2 unspecified atom stereocenters. The Morgan fingerprint density at radius 2 is 1.80 bits per heavy atom. The highest BCUT2D eigenvalue weighted by Crippen LogP contribution is 2.23. The predicted molar refractivity (Wildman–Crippen MR) is 75.6 cm³/mol. The Hall–Kier alpha value is -1.07. The summed E-state index contributed by atoms with van der Waals surface area (Å²) >= 11 is 0. The number of nitrogens with one attached hydrogen (secondary N) is 1. The van der Waals surface area contributed by atoms with E-state index in [-0.39, 0.29) is 12.1 Å². The Morgan fingerprint density at radius 1 is 1.20 bits per heavy atom. The molecule has 0 heterocycles. The summed E-state index contributed by atoms with van der Waals surface area (Å²) in [6.07, 6.45) is -3.23. The van der Waals surface area contributed by atoms with Crippen molar-refractivity contribution in [1.82, 2.24) is 10.2 Å². The van der Waals surface area contributed by atoms with E-state index in [4.69, 9.17) is 0 Å². The van der Waals surface area contributed by atoms with E-state index in [1.54, 1.807) is 0 Å². The molecule has 0 aliphatic carbocycles. The highest BCUT2D eigenvalue weighted by molar-refractivity contribution is 5.20. The third-order valence-corrected chi connectivity index (χ3v) is 3.38. The zero-order valence-corrected chi connectivity index (χ0v) is 12.2. The van der Waals surface area contributed by atoms with Crippen LogP contribution in [0, 0.1) is 0 Å². The molecular weight excluding hydrogens is 265 g/mol. The van der Waals surface area contributed by atoms with E-state index in [9.17, 15) is 13.2 Å². The van der Waals surface area contributed by atoms with Crippen LogP contribution in [0.1, 0.15) is 31.9 Å². The predicted octanol–water partition coefficient (Wildman–Crippen LogP) is 3.61. The molecule has 0 aromatic heterocycles. The van der Waals surface area contributed by atoms with Gasteiger partial charge in [0.25, 0.3) is 0 Å². The lowest BCUT2D eigenvalue weighted by molar-refractivity contribution is -0.148. The van der Waals surface area contributed by atoms with Crippen molar-refractivity contribution in [2.75, 3.05) is 20.1 Å². The van der Waals surface area contributed by atoms with Crippen LogP contribution in [-0.4, -0.2) is 37.3 Å². The standard InChI is InChI=1S/C15H23F3N2/c1-4-10-19-14(13-8-6-5-7-9-13)12(2)20(3)11-15(16,17)18/h5-9,12,14,19H,4,10-11H2,1-3H3. The van der Waals surface area contributed by atoms with Gasteiger partial charge in [-0.05, 0) is 32.5 Å². The molecule has 0 bridgehead atoms. The van der Waals surface area contributed by atoms with E-state index in [0.717, 1.165) is 18.5 Å². The summed E-state index contributed by atoms with van der Waals surface area (Å²) in [7, 11) is 1.52. The van der Waals surface area contributed by atoms with Gasteiger partial charge in [-0.15, -0.1) is 0 Å². The van der Waals surface area contributed by atoms with Gasteiger partial charge in [-0.2, -0.15) is 13.2 Å². The lowest BCUT2D eigenvalue weighted by Crippen LogP contribution is -2.44. The smallest absolute Gasteiger partial charge is 0.309 e. The number of nitrogens with zero attached hydrogens (tertiary/aromatic N) is 1. The van der Waals surface area contributed by atoms with Crippen molar-refractivity contribution in [3.05, 3.63) is 35.9 Å². The van der Waals surface area contributed by atoms with Gasteiger partial charge in [-0.1, -0.05) is 37.3 Å². The average Bonchev–Trinajstić information content (AvgIpc) is 2.38. The molecule has 2 atom stereocenters. The number of halogens is 3. The third kappa shape index (κ3) is 5.51. The molecular formula is C15H23F3N2. The zero-order valence-electron chi connectivity index (χ0n) is 12.2. The van der Waals surface area contributed by atoms with Gasteiger partial charge >= 0.3 is 6.18 Å². The van der Waals surface area contributed by atoms with E-state index in [1.165, 1.54) is 11.9 Å². The minimum atomic E-state index is -4.17. The van der Waals surface area contributed by atoms with Crippen molar-refractivity contribution < 1.29 is 13.2 Å². The summed E-state index contributed by atoms with van der Waals surface area (Å²) in [4.78, 5) is 1.35. The van der Waals surface area contributed by atoms with Gasteiger partial charge < -0.3 is 5.32 Å². The fourth-order valence-corrected chi connectivity index (χ4v) is 2.21. The molecule has 5 heteroatoms. The summed E-state index contributed by atoms with van der Waals surface area (Å²) in [5.74, 6) is 0. The van der Waals surface area contributed by atoms with Gasteiger partial charge in [0.15, 0.2) is 0 Å². The fraction of sp³-hybridized carbons (Fsp3) is 0.600. The second kappa shape index (κ2) is 7.64. The van der Waals surface area contributed by atoms with Crippen LogP contribution in [-0.2, 0) is 0 Å². The first-order chi connectivity index (χ1) is 9.35. The summed E-state index contributed by atoms with van der Waals surface area (Å²) < 4.78 is 37.6. The first-order valence-corrected chi connectivity index (χ1v) is 6.90. The normalized spacial score (nSPS) is 15.3. The third-order valence-electron chi connectivity index (χ3n) is 3.38. The van der Waals surface area contributed by atoms with Gasteiger partial charge in [0.2, 0.25) is 0 Å². The van der Waals surface area contributed by atoms with Crippen molar-refractivity contribution >= 4 is 0 Å². The second-order valence-electron chi connectivity index (χ2n) is 5.11. The Labute approximate surface area is 119 Å². The largest absolute Gasteiger partial charge is 0.401 e. The van der Waals surface area contributed by atoms with E-state index in [0.29, 0.717) is 0 Å². The molecule has 1 aromatic rings. The molecule has 114 valence electrons. The van der Waals surface area contributed by atoms with E-state index >= 15 is 0 Å². The quantitative estimate of drug-likeness (QED) is 0.824. The van der Waals surface area contributed by atoms with Crippen molar-refractivity contribution in [2.24, 2.45) is 0 Å². The molecule has 0 saturated heterocycles. The minimum Gasteiger partial charge on any atom is -0.309 e. The Kier molecular flexibility index (Phi) is 6.49. The average molecular weight is 288 g/mol. The molecule has 0 fully saturated rings. The van der Waals surface area contributed by atoms with Crippen LogP contribution in [0.25, 0.3) is 0 Å². The van der Waals surface area contributed by atoms with Gasteiger partial charge in [-0.25, -0.2) is 0 Å². The molecule has 0 amide bonds. The fourth-order valence-electron chi connectivity index (χ4n) is 2.21. The van der Waals surface area contributed by atoms with Crippen LogP contribution in [0.5, 0.6) is 0 Å². The second-order valence-corrected chi connectivity index (χ2v) is 5.11. The Bertz CT molecular complexity index is 378. The minimum absolute atomic E-state index is 0.108. The number of hydrogen-bond donors (Lipinski definition) is 1. The van der Waals surface area contributed by atoms with Crippen LogP contribution in [0.4, 0.5) is 13.2 Å². The highest BCUT2D eigenvalue weighted by atomic mass is 19.4. The maximum Gasteiger partial charge on any atom is 0.401 e. The van der Waals surface area contributed by atoms with E-state index in [1.807, 2.05) is 44.2 Å². The lowest BCUT2D eigenvalue weighted by Gasteiger charge is -2.33. The highest BCUT2D eigenvalue weighted by Gasteiger charge is 2.33. The van der Waals surface area contributed by atoms with Crippen LogP contribution in [0.3, 0.4) is 0 Å². The Balaban J connectivity index is 2.82. The first-order valence-electron chi connectivity index (χ1n) is 6.90. The maximum absolute atomic E-state index is 12.5. The van der Waals surface area contributed by atoms with Crippen LogP contribution in [0.2, 0.25) is 0 Å². The monoisotopic (exact) mass is 288 g/mol. The van der Waals surface area contributed by atoms with Crippen molar-refractivity contribution in [3.8, 4) is 0 Å². The van der Waals surface area contributed by atoms with Crippen molar-refractivity contribution in [3.63, 3.8) is 0 Å². The van der Waals surface area contributed by atoms with Gasteiger partial charge in [0, 0.05) is 12.1 Å². The van der Waals surface area contributed by atoms with Crippen LogP contribution in [0.15, 0.2) is 30.3 Å². The zero-order chi connectivity index (χ0) is 15.2. The first kappa shape index (κ1) is 17.0. The molecule has 0 saturated carbocycles. The number of benzene rings is 1. The summed E-state index contributed by atoms with van der Waals surface area (Å²) in [6, 6.07) is 9.27. The maximum atomic E-state index is 12.5. The number of likely N-dealkylation sites (N-methyl/N-ethyl adjacent to an activating group) is 1. The van der Waals surface area contributed by atoms with E-state index in [2.05, 4.69) is 5.32 Å². The molecule has 0 radical (unpaired) electrons. The molecule has 1 rings (SSSR count).